The van der Waals surface area contributed by atoms with Gasteiger partial charge < -0.3 is 10.1 Å². The molecular formula is C20H22Cl2N2O4S. The van der Waals surface area contributed by atoms with Crippen molar-refractivity contribution >= 4 is 44.8 Å². The molecule has 156 valence electrons. The van der Waals surface area contributed by atoms with E-state index in [0.29, 0.717) is 29.7 Å². The lowest BCUT2D eigenvalue weighted by Gasteiger charge is -2.29. The van der Waals surface area contributed by atoms with Gasteiger partial charge in [-0.3, -0.25) is 4.79 Å². The normalized spacial score (nSPS) is 15.9. The first-order valence-corrected chi connectivity index (χ1v) is 11.4. The standard InChI is InChI=1S/C20H22Cl2N2O4S/c1-13-7-9-24(10-8-13)29(26,27)15-4-6-19(28-2)16(12-15)20(25)23-18-5-3-14(21)11-17(18)22/h3-6,11-13H,7-10H2,1-2H3,(H,23,25). The number of rotatable bonds is 5. The largest absolute Gasteiger partial charge is 0.496 e. The molecule has 6 nitrogen and oxygen atoms in total. The second-order valence-corrected chi connectivity index (χ2v) is 9.81. The summed E-state index contributed by atoms with van der Waals surface area (Å²) in [6.45, 7) is 3.05. The third-order valence-corrected chi connectivity index (χ3v) is 7.42. The van der Waals surface area contributed by atoms with Crippen molar-refractivity contribution in [3.8, 4) is 5.75 Å². The van der Waals surface area contributed by atoms with E-state index < -0.39 is 15.9 Å². The second-order valence-electron chi connectivity index (χ2n) is 7.03. The Morgan fingerprint density at radius 2 is 1.83 bits per heavy atom. The highest BCUT2D eigenvalue weighted by molar-refractivity contribution is 7.89. The minimum atomic E-state index is -3.70. The zero-order valence-corrected chi connectivity index (χ0v) is 18.4. The number of hydrogen-bond acceptors (Lipinski definition) is 4. The molecule has 1 N–H and O–H groups in total. The van der Waals surface area contributed by atoms with E-state index in [4.69, 9.17) is 27.9 Å². The molecule has 0 bridgehead atoms. The van der Waals surface area contributed by atoms with Crippen molar-refractivity contribution in [2.24, 2.45) is 5.92 Å². The molecule has 3 rings (SSSR count). The van der Waals surface area contributed by atoms with Crippen LogP contribution in [0.3, 0.4) is 0 Å². The van der Waals surface area contributed by atoms with Crippen LogP contribution in [0, 0.1) is 5.92 Å². The van der Waals surface area contributed by atoms with Crippen LogP contribution in [-0.2, 0) is 10.0 Å². The zero-order chi connectivity index (χ0) is 21.2. The van der Waals surface area contributed by atoms with E-state index in [1.54, 1.807) is 12.1 Å². The predicted octanol–water partition coefficient (Wildman–Crippen LogP) is 4.67. The molecule has 1 aliphatic rings. The van der Waals surface area contributed by atoms with E-state index in [1.165, 1.54) is 35.7 Å². The van der Waals surface area contributed by atoms with Crippen LogP contribution < -0.4 is 10.1 Å². The molecule has 29 heavy (non-hydrogen) atoms. The molecule has 1 fully saturated rings. The van der Waals surface area contributed by atoms with Crippen LogP contribution in [0.15, 0.2) is 41.3 Å². The van der Waals surface area contributed by atoms with Crippen molar-refractivity contribution in [1.29, 1.82) is 0 Å². The van der Waals surface area contributed by atoms with Crippen molar-refractivity contribution in [2.75, 3.05) is 25.5 Å². The molecule has 1 amide bonds. The van der Waals surface area contributed by atoms with Gasteiger partial charge in [-0.2, -0.15) is 4.31 Å². The van der Waals surface area contributed by atoms with Crippen LogP contribution >= 0.6 is 23.2 Å². The van der Waals surface area contributed by atoms with E-state index in [0.717, 1.165) is 12.8 Å². The Labute approximate surface area is 180 Å². The van der Waals surface area contributed by atoms with Crippen molar-refractivity contribution in [3.63, 3.8) is 0 Å². The number of benzene rings is 2. The Kier molecular flexibility index (Phi) is 6.73. The number of ether oxygens (including phenoxy) is 1. The number of anilines is 1. The first kappa shape index (κ1) is 21.9. The summed E-state index contributed by atoms with van der Waals surface area (Å²) in [5.41, 5.74) is 0.464. The Bertz CT molecular complexity index is 1020. The molecule has 9 heteroatoms. The number of nitrogens with one attached hydrogen (secondary N) is 1. The average molecular weight is 457 g/mol. The number of sulfonamides is 1. The first-order chi connectivity index (χ1) is 13.7. The monoisotopic (exact) mass is 456 g/mol. The van der Waals surface area contributed by atoms with Gasteiger partial charge in [-0.15, -0.1) is 0 Å². The van der Waals surface area contributed by atoms with E-state index in [-0.39, 0.29) is 21.2 Å². The first-order valence-electron chi connectivity index (χ1n) is 9.17. The van der Waals surface area contributed by atoms with E-state index in [2.05, 4.69) is 12.2 Å². The number of hydrogen-bond donors (Lipinski definition) is 1. The topological polar surface area (TPSA) is 75.7 Å². The van der Waals surface area contributed by atoms with Crippen LogP contribution in [0.2, 0.25) is 10.0 Å². The summed E-state index contributed by atoms with van der Waals surface area (Å²) >= 11 is 12.0. The van der Waals surface area contributed by atoms with Crippen LogP contribution in [0.5, 0.6) is 5.75 Å². The van der Waals surface area contributed by atoms with Gasteiger partial charge in [-0.05, 0) is 55.2 Å². The lowest BCUT2D eigenvalue weighted by molar-refractivity contribution is 0.102. The molecular weight excluding hydrogens is 435 g/mol. The Balaban J connectivity index is 1.91. The van der Waals surface area contributed by atoms with Gasteiger partial charge in [-0.25, -0.2) is 8.42 Å². The maximum atomic E-state index is 13.0. The Morgan fingerprint density at radius 3 is 2.45 bits per heavy atom. The summed E-state index contributed by atoms with van der Waals surface area (Å²) < 4.78 is 32.8. The van der Waals surface area contributed by atoms with Gasteiger partial charge in [0.25, 0.3) is 5.91 Å². The minimum absolute atomic E-state index is 0.0557. The molecule has 0 radical (unpaired) electrons. The van der Waals surface area contributed by atoms with Crippen LogP contribution in [0.4, 0.5) is 5.69 Å². The summed E-state index contributed by atoms with van der Waals surface area (Å²) in [4.78, 5) is 12.9. The number of carbonyl (C=O) groups excluding carboxylic acids is 1. The zero-order valence-electron chi connectivity index (χ0n) is 16.1. The van der Waals surface area contributed by atoms with Crippen LogP contribution in [0.1, 0.15) is 30.1 Å². The Hall–Kier alpha value is -1.80. The SMILES string of the molecule is COc1ccc(S(=O)(=O)N2CCC(C)CC2)cc1C(=O)Nc1ccc(Cl)cc1Cl. The molecule has 0 aliphatic carbocycles. The molecule has 2 aromatic carbocycles. The molecule has 1 heterocycles. The second kappa shape index (κ2) is 8.92. The molecule has 0 unspecified atom stereocenters. The highest BCUT2D eigenvalue weighted by Crippen LogP contribution is 2.30. The van der Waals surface area contributed by atoms with Gasteiger partial charge in [0.15, 0.2) is 0 Å². The van der Waals surface area contributed by atoms with Crippen molar-refractivity contribution < 1.29 is 17.9 Å². The Morgan fingerprint density at radius 1 is 1.14 bits per heavy atom. The van der Waals surface area contributed by atoms with Crippen molar-refractivity contribution in [2.45, 2.75) is 24.7 Å². The van der Waals surface area contributed by atoms with E-state index >= 15 is 0 Å². The number of carbonyl (C=O) groups is 1. The fraction of sp³-hybridized carbons (Fsp3) is 0.350. The van der Waals surface area contributed by atoms with Gasteiger partial charge in [0, 0.05) is 18.1 Å². The molecule has 0 spiro atoms. The summed E-state index contributed by atoms with van der Waals surface area (Å²) in [7, 11) is -2.28. The van der Waals surface area contributed by atoms with Crippen LogP contribution in [-0.4, -0.2) is 38.8 Å². The number of amides is 1. The molecule has 1 saturated heterocycles. The summed E-state index contributed by atoms with van der Waals surface area (Å²) in [6, 6.07) is 8.96. The van der Waals surface area contributed by atoms with Crippen LogP contribution in [0.25, 0.3) is 0 Å². The lowest BCUT2D eigenvalue weighted by atomic mass is 10.0. The number of nitrogens with zero attached hydrogens (tertiary/aromatic N) is 1. The van der Waals surface area contributed by atoms with Gasteiger partial charge in [0.1, 0.15) is 5.75 Å². The number of halogens is 2. The van der Waals surface area contributed by atoms with Gasteiger partial charge >= 0.3 is 0 Å². The molecule has 1 aliphatic heterocycles. The smallest absolute Gasteiger partial charge is 0.259 e. The van der Waals surface area contributed by atoms with Gasteiger partial charge in [-0.1, -0.05) is 30.1 Å². The third-order valence-electron chi connectivity index (χ3n) is 4.98. The number of piperidine rings is 1. The highest BCUT2D eigenvalue weighted by Gasteiger charge is 2.29. The predicted molar refractivity (Wildman–Crippen MR) is 115 cm³/mol. The third kappa shape index (κ3) is 4.86. The maximum Gasteiger partial charge on any atom is 0.259 e. The highest BCUT2D eigenvalue weighted by atomic mass is 35.5. The summed E-state index contributed by atoms with van der Waals surface area (Å²) in [6.07, 6.45) is 1.63. The van der Waals surface area contributed by atoms with Gasteiger partial charge in [0.05, 0.1) is 28.3 Å². The summed E-state index contributed by atoms with van der Waals surface area (Å²) in [5.74, 6) is 0.233. The quantitative estimate of drug-likeness (QED) is 0.708. The maximum absolute atomic E-state index is 13.0. The molecule has 2 aromatic rings. The number of methoxy groups -OCH3 is 1. The van der Waals surface area contributed by atoms with Gasteiger partial charge in [0.2, 0.25) is 10.0 Å². The van der Waals surface area contributed by atoms with Crippen molar-refractivity contribution in [1.82, 2.24) is 4.31 Å². The fourth-order valence-corrected chi connectivity index (χ4v) is 5.13. The van der Waals surface area contributed by atoms with E-state index in [9.17, 15) is 13.2 Å². The lowest BCUT2D eigenvalue weighted by Crippen LogP contribution is -2.37. The molecule has 0 aromatic heterocycles. The average Bonchev–Trinajstić information content (AvgIpc) is 2.69. The minimum Gasteiger partial charge on any atom is -0.496 e. The van der Waals surface area contributed by atoms with Crippen molar-refractivity contribution in [3.05, 3.63) is 52.0 Å². The summed E-state index contributed by atoms with van der Waals surface area (Å²) in [5, 5.41) is 3.39. The van der Waals surface area contributed by atoms with E-state index in [1.807, 2.05) is 0 Å². The molecule has 0 saturated carbocycles. The molecule has 0 atom stereocenters. The fourth-order valence-electron chi connectivity index (χ4n) is 3.18.